The molecule has 8 nitrogen and oxygen atoms in total. The Morgan fingerprint density at radius 2 is 1.97 bits per heavy atom. The number of nitrogens with two attached hydrogens (primary N) is 1. The van der Waals surface area contributed by atoms with Crippen molar-refractivity contribution in [3.05, 3.63) is 40.6 Å². The molecule has 0 spiro atoms. The lowest BCUT2D eigenvalue weighted by Gasteiger charge is -2.27. The van der Waals surface area contributed by atoms with Gasteiger partial charge in [-0.15, -0.1) is 0 Å². The normalized spacial score (nSPS) is 16.6. The lowest BCUT2D eigenvalue weighted by atomic mass is 9.95. The molecular formula is C23H29N5O3S. The number of carbonyl (C=O) groups excluding carboxylic acids is 1. The van der Waals surface area contributed by atoms with Gasteiger partial charge in [-0.1, -0.05) is 19.3 Å². The lowest BCUT2D eigenvalue weighted by Crippen LogP contribution is -2.33. The first-order valence-electron chi connectivity index (χ1n) is 11.0. The molecule has 1 amide bonds. The van der Waals surface area contributed by atoms with Gasteiger partial charge in [-0.25, -0.2) is 13.6 Å². The van der Waals surface area contributed by atoms with E-state index < -0.39 is 10.0 Å². The standard InChI is InChI=1S/C23H29N5O3S/c1-15-16(2)28(18-6-4-3-5-7-18)23(20(15)13-24)26-22(29)14-27-11-10-17-12-19(32(25,30)31)8-9-21(17)27/h8-9,12,18H,3-7,10-11,14H2,1-2H3,(H,26,29)(H2,25,30,31). The topological polar surface area (TPSA) is 121 Å². The third-order valence-electron chi connectivity index (χ3n) is 6.77. The zero-order chi connectivity index (χ0) is 23.0. The minimum Gasteiger partial charge on any atom is -0.362 e. The molecule has 1 saturated carbocycles. The summed E-state index contributed by atoms with van der Waals surface area (Å²) in [5.74, 6) is 0.405. The molecular weight excluding hydrogens is 426 g/mol. The first kappa shape index (κ1) is 22.4. The molecule has 0 bridgehead atoms. The van der Waals surface area contributed by atoms with Gasteiger partial charge in [0.25, 0.3) is 0 Å². The molecule has 1 aliphatic carbocycles. The number of amides is 1. The average molecular weight is 456 g/mol. The van der Waals surface area contributed by atoms with Gasteiger partial charge >= 0.3 is 0 Å². The van der Waals surface area contributed by atoms with Crippen molar-refractivity contribution in [2.24, 2.45) is 5.14 Å². The Morgan fingerprint density at radius 3 is 2.62 bits per heavy atom. The summed E-state index contributed by atoms with van der Waals surface area (Å²) < 4.78 is 25.4. The van der Waals surface area contributed by atoms with Crippen LogP contribution in [0.2, 0.25) is 0 Å². The third kappa shape index (κ3) is 4.12. The van der Waals surface area contributed by atoms with Crippen LogP contribution in [0.1, 0.15) is 60.5 Å². The van der Waals surface area contributed by atoms with Crippen LogP contribution in [0.5, 0.6) is 0 Å². The number of sulfonamides is 1. The molecule has 170 valence electrons. The number of nitriles is 1. The number of nitrogens with one attached hydrogen (secondary N) is 1. The minimum absolute atomic E-state index is 0.0810. The fourth-order valence-electron chi connectivity index (χ4n) is 5.02. The summed E-state index contributed by atoms with van der Waals surface area (Å²) in [6, 6.07) is 7.33. The smallest absolute Gasteiger partial charge is 0.245 e. The molecule has 0 saturated heterocycles. The van der Waals surface area contributed by atoms with Crippen molar-refractivity contribution in [2.75, 3.05) is 23.3 Å². The Morgan fingerprint density at radius 1 is 1.25 bits per heavy atom. The van der Waals surface area contributed by atoms with Crippen molar-refractivity contribution in [3.8, 4) is 6.07 Å². The molecule has 32 heavy (non-hydrogen) atoms. The summed E-state index contributed by atoms with van der Waals surface area (Å²) in [5, 5.41) is 18.0. The second-order valence-electron chi connectivity index (χ2n) is 8.76. The molecule has 2 aliphatic rings. The molecule has 2 heterocycles. The maximum Gasteiger partial charge on any atom is 0.245 e. The highest BCUT2D eigenvalue weighted by Crippen LogP contribution is 2.37. The van der Waals surface area contributed by atoms with E-state index in [4.69, 9.17) is 5.14 Å². The van der Waals surface area contributed by atoms with Crippen LogP contribution in [-0.4, -0.2) is 32.0 Å². The summed E-state index contributed by atoms with van der Waals surface area (Å²) in [6.07, 6.45) is 6.28. The first-order chi connectivity index (χ1) is 15.2. The highest BCUT2D eigenvalue weighted by atomic mass is 32.2. The highest BCUT2D eigenvalue weighted by molar-refractivity contribution is 7.89. The highest BCUT2D eigenvalue weighted by Gasteiger charge is 2.28. The molecule has 0 atom stereocenters. The quantitative estimate of drug-likeness (QED) is 0.717. The van der Waals surface area contributed by atoms with Gasteiger partial charge in [-0.3, -0.25) is 4.79 Å². The predicted molar refractivity (Wildman–Crippen MR) is 123 cm³/mol. The number of anilines is 2. The number of hydrogen-bond acceptors (Lipinski definition) is 5. The van der Waals surface area contributed by atoms with E-state index in [1.807, 2.05) is 18.7 Å². The van der Waals surface area contributed by atoms with E-state index in [-0.39, 0.29) is 17.3 Å². The third-order valence-corrected chi connectivity index (χ3v) is 7.68. The van der Waals surface area contributed by atoms with Crippen LogP contribution in [0, 0.1) is 25.2 Å². The van der Waals surface area contributed by atoms with Crippen LogP contribution in [0.15, 0.2) is 23.1 Å². The van der Waals surface area contributed by atoms with Crippen LogP contribution in [0.3, 0.4) is 0 Å². The van der Waals surface area contributed by atoms with Crippen LogP contribution < -0.4 is 15.4 Å². The number of fused-ring (bicyclic) bond motifs is 1. The van der Waals surface area contributed by atoms with Crippen molar-refractivity contribution >= 4 is 27.4 Å². The molecule has 4 rings (SSSR count). The van der Waals surface area contributed by atoms with Gasteiger partial charge in [-0.2, -0.15) is 5.26 Å². The Bertz CT molecular complexity index is 1200. The maximum atomic E-state index is 13.0. The predicted octanol–water partition coefficient (Wildman–Crippen LogP) is 3.13. The zero-order valence-corrected chi connectivity index (χ0v) is 19.3. The maximum absolute atomic E-state index is 13.0. The van der Waals surface area contributed by atoms with Crippen LogP contribution in [-0.2, 0) is 21.2 Å². The lowest BCUT2D eigenvalue weighted by molar-refractivity contribution is -0.115. The second kappa shape index (κ2) is 8.60. The number of aromatic nitrogens is 1. The van der Waals surface area contributed by atoms with Gasteiger partial charge in [-0.05, 0) is 62.4 Å². The van der Waals surface area contributed by atoms with Crippen LogP contribution in [0.25, 0.3) is 0 Å². The van der Waals surface area contributed by atoms with Crippen molar-refractivity contribution in [3.63, 3.8) is 0 Å². The van der Waals surface area contributed by atoms with Gasteiger partial charge in [0.1, 0.15) is 11.9 Å². The SMILES string of the molecule is Cc1c(C#N)c(NC(=O)CN2CCc3cc(S(N)(=O)=O)ccc32)n(C2CCCCC2)c1C. The molecule has 1 aromatic heterocycles. The Balaban J connectivity index is 1.56. The summed E-state index contributed by atoms with van der Waals surface area (Å²) in [5.41, 5.74) is 4.17. The Hall–Kier alpha value is -2.83. The molecule has 3 N–H and O–H groups in total. The van der Waals surface area contributed by atoms with Crippen LogP contribution >= 0.6 is 0 Å². The molecule has 2 aromatic rings. The van der Waals surface area contributed by atoms with Crippen LogP contribution in [0.4, 0.5) is 11.5 Å². The average Bonchev–Trinajstić information content (AvgIpc) is 3.26. The number of carbonyl (C=O) groups is 1. The molecule has 1 aliphatic heterocycles. The molecule has 0 radical (unpaired) electrons. The largest absolute Gasteiger partial charge is 0.362 e. The summed E-state index contributed by atoms with van der Waals surface area (Å²) in [4.78, 5) is 15.0. The second-order valence-corrected chi connectivity index (χ2v) is 10.3. The monoisotopic (exact) mass is 455 g/mol. The molecule has 1 aromatic carbocycles. The van der Waals surface area contributed by atoms with E-state index >= 15 is 0 Å². The van der Waals surface area contributed by atoms with E-state index in [1.54, 1.807) is 12.1 Å². The fourth-order valence-corrected chi connectivity index (χ4v) is 5.58. The van der Waals surface area contributed by atoms with Crippen molar-refractivity contribution < 1.29 is 13.2 Å². The Labute approximate surface area is 189 Å². The van der Waals surface area contributed by atoms with Gasteiger partial charge in [0, 0.05) is 24.0 Å². The van der Waals surface area contributed by atoms with Gasteiger partial charge in [0.15, 0.2) is 0 Å². The van der Waals surface area contributed by atoms with E-state index in [0.29, 0.717) is 30.4 Å². The number of rotatable bonds is 5. The van der Waals surface area contributed by atoms with Crippen molar-refractivity contribution in [1.82, 2.24) is 4.57 Å². The van der Waals surface area contributed by atoms with E-state index in [0.717, 1.165) is 48.2 Å². The van der Waals surface area contributed by atoms with Crippen molar-refractivity contribution in [1.29, 1.82) is 5.26 Å². The molecule has 9 heteroatoms. The number of nitrogens with zero attached hydrogens (tertiary/aromatic N) is 3. The number of hydrogen-bond donors (Lipinski definition) is 2. The molecule has 1 fully saturated rings. The van der Waals surface area contributed by atoms with E-state index in [9.17, 15) is 18.5 Å². The number of primary sulfonamides is 1. The van der Waals surface area contributed by atoms with Gasteiger partial charge in [0.2, 0.25) is 15.9 Å². The summed E-state index contributed by atoms with van der Waals surface area (Å²) in [6.45, 7) is 4.69. The summed E-state index contributed by atoms with van der Waals surface area (Å²) >= 11 is 0. The van der Waals surface area contributed by atoms with E-state index in [1.165, 1.54) is 12.5 Å². The number of benzene rings is 1. The Kier molecular flexibility index (Phi) is 6.01. The first-order valence-corrected chi connectivity index (χ1v) is 12.6. The minimum atomic E-state index is -3.76. The summed E-state index contributed by atoms with van der Waals surface area (Å²) in [7, 11) is -3.76. The fraction of sp³-hybridized carbons (Fsp3) is 0.478. The van der Waals surface area contributed by atoms with Crippen molar-refractivity contribution in [2.45, 2.75) is 63.3 Å². The zero-order valence-electron chi connectivity index (χ0n) is 18.5. The van der Waals surface area contributed by atoms with Gasteiger partial charge < -0.3 is 14.8 Å². The van der Waals surface area contributed by atoms with E-state index in [2.05, 4.69) is 16.0 Å². The molecule has 0 unspecified atom stereocenters. The van der Waals surface area contributed by atoms with Gasteiger partial charge in [0.05, 0.1) is 17.0 Å².